The van der Waals surface area contributed by atoms with Crippen LogP contribution in [0.1, 0.15) is 27.2 Å². The van der Waals surface area contributed by atoms with Gasteiger partial charge in [0.15, 0.2) is 0 Å². The van der Waals surface area contributed by atoms with Crippen LogP contribution in [0.2, 0.25) is 0 Å². The number of aliphatic carboxylic acids is 1. The number of rotatable bonds is 4. The average Bonchev–Trinajstić information content (AvgIpc) is 2.51. The molecular formula is C12H16O6. The maximum Gasteiger partial charge on any atom is 0.349 e. The normalized spacial score (nSPS) is 30.7. The Hall–Kier alpha value is -1.85. The van der Waals surface area contributed by atoms with Crippen molar-refractivity contribution in [1.29, 1.82) is 0 Å². The molecule has 0 aromatic carbocycles. The fourth-order valence-electron chi connectivity index (χ4n) is 1.82. The quantitative estimate of drug-likeness (QED) is 0.593. The highest BCUT2D eigenvalue weighted by atomic mass is 16.6. The van der Waals surface area contributed by atoms with E-state index >= 15 is 0 Å². The molecule has 6 heteroatoms. The van der Waals surface area contributed by atoms with Crippen LogP contribution in [-0.4, -0.2) is 34.7 Å². The van der Waals surface area contributed by atoms with Crippen molar-refractivity contribution < 1.29 is 29.0 Å². The van der Waals surface area contributed by atoms with E-state index in [4.69, 9.17) is 9.47 Å². The van der Waals surface area contributed by atoms with E-state index in [1.165, 1.54) is 13.8 Å². The molecule has 1 aliphatic rings. The van der Waals surface area contributed by atoms with Gasteiger partial charge in [-0.2, -0.15) is 0 Å². The van der Waals surface area contributed by atoms with Gasteiger partial charge in [0.2, 0.25) is 6.10 Å². The Bertz CT molecular complexity index is 413. The second-order valence-corrected chi connectivity index (χ2v) is 4.51. The number of carbonyl (C=O) groups is 3. The zero-order valence-electron chi connectivity index (χ0n) is 10.6. The number of carbonyl (C=O) groups excluding carboxylic acids is 2. The SMILES string of the molecule is C=C(C)C(=O)OC1C(=O)OC(C)(CC)C1C(=O)O. The number of hydrogen-bond donors (Lipinski definition) is 1. The number of ether oxygens (including phenoxy) is 2. The van der Waals surface area contributed by atoms with Crippen molar-refractivity contribution in [3.63, 3.8) is 0 Å². The molecule has 0 saturated carbocycles. The second-order valence-electron chi connectivity index (χ2n) is 4.51. The third-order valence-electron chi connectivity index (χ3n) is 3.08. The van der Waals surface area contributed by atoms with Crippen LogP contribution in [0, 0.1) is 5.92 Å². The fourth-order valence-corrected chi connectivity index (χ4v) is 1.82. The summed E-state index contributed by atoms with van der Waals surface area (Å²) in [5.41, 5.74) is -1.07. The van der Waals surface area contributed by atoms with Crippen LogP contribution in [0.15, 0.2) is 12.2 Å². The first-order chi connectivity index (χ1) is 8.23. The maximum absolute atomic E-state index is 11.6. The molecule has 0 aliphatic carbocycles. The van der Waals surface area contributed by atoms with E-state index < -0.39 is 35.5 Å². The molecule has 1 rings (SSSR count). The summed E-state index contributed by atoms with van der Waals surface area (Å²) in [7, 11) is 0. The number of hydrogen-bond acceptors (Lipinski definition) is 5. The molecule has 1 heterocycles. The molecule has 18 heavy (non-hydrogen) atoms. The lowest BCUT2D eigenvalue weighted by molar-refractivity contribution is -0.161. The molecular weight excluding hydrogens is 240 g/mol. The van der Waals surface area contributed by atoms with Gasteiger partial charge in [-0.3, -0.25) is 4.79 Å². The summed E-state index contributed by atoms with van der Waals surface area (Å²) in [5.74, 6) is -4.08. The van der Waals surface area contributed by atoms with E-state index in [1.54, 1.807) is 6.92 Å². The smallest absolute Gasteiger partial charge is 0.349 e. The largest absolute Gasteiger partial charge is 0.481 e. The summed E-state index contributed by atoms with van der Waals surface area (Å²) >= 11 is 0. The Morgan fingerprint density at radius 2 is 2.11 bits per heavy atom. The molecule has 0 aromatic rings. The molecule has 3 unspecified atom stereocenters. The van der Waals surface area contributed by atoms with Gasteiger partial charge in [-0.05, 0) is 20.3 Å². The standard InChI is InChI=1S/C12H16O6/c1-5-12(4)7(9(13)14)8(11(16)18-12)17-10(15)6(2)3/h7-8H,2,5H2,1,3-4H3,(H,13,14). The predicted molar refractivity (Wildman–Crippen MR) is 60.6 cm³/mol. The number of cyclic esters (lactones) is 1. The first-order valence-corrected chi connectivity index (χ1v) is 5.55. The van der Waals surface area contributed by atoms with Gasteiger partial charge < -0.3 is 14.6 Å². The van der Waals surface area contributed by atoms with Crippen molar-refractivity contribution in [2.75, 3.05) is 0 Å². The lowest BCUT2D eigenvalue weighted by atomic mass is 9.85. The Morgan fingerprint density at radius 1 is 1.56 bits per heavy atom. The Balaban J connectivity index is 3.02. The highest BCUT2D eigenvalue weighted by Gasteiger charge is 2.58. The van der Waals surface area contributed by atoms with Gasteiger partial charge in [0.1, 0.15) is 11.5 Å². The molecule has 100 valence electrons. The molecule has 1 fully saturated rings. The summed E-state index contributed by atoms with van der Waals surface area (Å²) in [4.78, 5) is 34.3. The average molecular weight is 256 g/mol. The predicted octanol–water partition coefficient (Wildman–Crippen LogP) is 0.901. The minimum Gasteiger partial charge on any atom is -0.481 e. The van der Waals surface area contributed by atoms with E-state index in [9.17, 15) is 19.5 Å². The Labute approximate surface area is 105 Å². The van der Waals surface area contributed by atoms with Crippen LogP contribution in [-0.2, 0) is 23.9 Å². The topological polar surface area (TPSA) is 89.9 Å². The zero-order valence-corrected chi connectivity index (χ0v) is 10.6. The van der Waals surface area contributed by atoms with Crippen molar-refractivity contribution in [2.45, 2.75) is 38.9 Å². The molecule has 0 bridgehead atoms. The van der Waals surface area contributed by atoms with E-state index in [0.717, 1.165) is 0 Å². The van der Waals surface area contributed by atoms with Crippen molar-refractivity contribution in [1.82, 2.24) is 0 Å². The first-order valence-electron chi connectivity index (χ1n) is 5.55. The van der Waals surface area contributed by atoms with Gasteiger partial charge in [0.05, 0.1) is 0 Å². The van der Waals surface area contributed by atoms with Crippen molar-refractivity contribution in [2.24, 2.45) is 5.92 Å². The molecule has 3 atom stereocenters. The molecule has 1 N–H and O–H groups in total. The van der Waals surface area contributed by atoms with Crippen LogP contribution in [0.4, 0.5) is 0 Å². The van der Waals surface area contributed by atoms with Gasteiger partial charge in [-0.15, -0.1) is 0 Å². The minimum atomic E-state index is -1.42. The van der Waals surface area contributed by atoms with Gasteiger partial charge >= 0.3 is 17.9 Å². The second kappa shape index (κ2) is 4.80. The molecule has 0 radical (unpaired) electrons. The van der Waals surface area contributed by atoms with Gasteiger partial charge in [0.25, 0.3) is 0 Å². The van der Waals surface area contributed by atoms with Gasteiger partial charge in [-0.1, -0.05) is 13.5 Å². The Kier molecular flexibility index (Phi) is 3.79. The minimum absolute atomic E-state index is 0.0945. The monoisotopic (exact) mass is 256 g/mol. The van der Waals surface area contributed by atoms with Crippen LogP contribution in [0.3, 0.4) is 0 Å². The number of carboxylic acids is 1. The lowest BCUT2D eigenvalue weighted by Gasteiger charge is -2.25. The molecule has 0 spiro atoms. The van der Waals surface area contributed by atoms with E-state index in [0.29, 0.717) is 6.42 Å². The van der Waals surface area contributed by atoms with Gasteiger partial charge in [0, 0.05) is 5.57 Å². The fraction of sp³-hybridized carbons (Fsp3) is 0.583. The maximum atomic E-state index is 11.6. The zero-order chi connectivity index (χ0) is 14.1. The van der Waals surface area contributed by atoms with Crippen molar-refractivity contribution in [3.05, 3.63) is 12.2 Å². The summed E-state index contributed by atoms with van der Waals surface area (Å²) in [5, 5.41) is 9.17. The summed E-state index contributed by atoms with van der Waals surface area (Å²) in [6, 6.07) is 0. The van der Waals surface area contributed by atoms with E-state index in [2.05, 4.69) is 6.58 Å². The Morgan fingerprint density at radius 3 is 2.50 bits per heavy atom. The highest BCUT2D eigenvalue weighted by Crippen LogP contribution is 2.37. The first kappa shape index (κ1) is 14.2. The van der Waals surface area contributed by atoms with Crippen LogP contribution in [0.25, 0.3) is 0 Å². The lowest BCUT2D eigenvalue weighted by Crippen LogP contribution is -2.42. The van der Waals surface area contributed by atoms with E-state index in [1.807, 2.05) is 0 Å². The van der Waals surface area contributed by atoms with Crippen LogP contribution >= 0.6 is 0 Å². The molecule has 1 aliphatic heterocycles. The molecule has 6 nitrogen and oxygen atoms in total. The molecule has 0 amide bonds. The number of esters is 2. The third-order valence-corrected chi connectivity index (χ3v) is 3.08. The molecule has 1 saturated heterocycles. The van der Waals surface area contributed by atoms with Crippen LogP contribution < -0.4 is 0 Å². The van der Waals surface area contributed by atoms with Crippen LogP contribution in [0.5, 0.6) is 0 Å². The van der Waals surface area contributed by atoms with Crippen molar-refractivity contribution >= 4 is 17.9 Å². The van der Waals surface area contributed by atoms with Crippen molar-refractivity contribution in [3.8, 4) is 0 Å². The number of carboxylic acid groups (broad SMARTS) is 1. The van der Waals surface area contributed by atoms with E-state index in [-0.39, 0.29) is 5.57 Å². The summed E-state index contributed by atoms with van der Waals surface area (Å²) in [6.45, 7) is 8.00. The molecule has 0 aromatic heterocycles. The highest BCUT2D eigenvalue weighted by molar-refractivity contribution is 5.93. The summed E-state index contributed by atoms with van der Waals surface area (Å²) < 4.78 is 9.90. The third kappa shape index (κ3) is 2.37. The van der Waals surface area contributed by atoms with Gasteiger partial charge in [-0.25, -0.2) is 9.59 Å². The summed E-state index contributed by atoms with van der Waals surface area (Å²) in [6.07, 6.45) is -1.10.